The van der Waals surface area contributed by atoms with E-state index in [4.69, 9.17) is 16.3 Å². The molecule has 4 rings (SSSR count). The average molecular weight is 575 g/mol. The van der Waals surface area contributed by atoms with E-state index >= 15 is 0 Å². The number of pyridine rings is 1. The molecule has 212 valence electrons. The highest BCUT2D eigenvalue weighted by Gasteiger charge is 2.43. The Morgan fingerprint density at radius 3 is 2.28 bits per heavy atom. The van der Waals surface area contributed by atoms with Crippen LogP contribution in [-0.2, 0) is 4.79 Å². The number of rotatable bonds is 7. The van der Waals surface area contributed by atoms with Crippen LogP contribution in [0.2, 0.25) is 5.02 Å². The van der Waals surface area contributed by atoms with Gasteiger partial charge in [-0.05, 0) is 64.7 Å². The van der Waals surface area contributed by atoms with Crippen LogP contribution in [0, 0.1) is 11.6 Å². The SMILES string of the molecule is C[C@@H](NC(=O)c1ccc(N2[C@@H]3CC[C@H]2C[C@@H](NC(=O)C(C)(C)Oc2cc(F)c(F)cc2Cl)C3)nc1)C(F)(F)F. The van der Waals surface area contributed by atoms with Crippen molar-refractivity contribution in [3.63, 3.8) is 0 Å². The highest BCUT2D eigenvalue weighted by Crippen LogP contribution is 2.39. The first kappa shape index (κ1) is 28.8. The van der Waals surface area contributed by atoms with E-state index in [0.29, 0.717) is 18.7 Å². The fraction of sp³-hybridized carbons (Fsp3) is 0.500. The summed E-state index contributed by atoms with van der Waals surface area (Å²) < 4.78 is 70.9. The molecule has 1 aromatic heterocycles. The number of alkyl halides is 3. The topological polar surface area (TPSA) is 83.6 Å². The van der Waals surface area contributed by atoms with Gasteiger partial charge in [-0.15, -0.1) is 0 Å². The van der Waals surface area contributed by atoms with Crippen LogP contribution in [0.25, 0.3) is 0 Å². The Hall–Kier alpha value is -3.15. The molecule has 0 radical (unpaired) electrons. The molecule has 39 heavy (non-hydrogen) atoms. The summed E-state index contributed by atoms with van der Waals surface area (Å²) in [6, 6.07) is 2.57. The Kier molecular flexibility index (Phi) is 7.98. The van der Waals surface area contributed by atoms with Gasteiger partial charge < -0.3 is 20.3 Å². The van der Waals surface area contributed by atoms with Gasteiger partial charge in [0.1, 0.15) is 17.6 Å². The molecule has 0 unspecified atom stereocenters. The smallest absolute Gasteiger partial charge is 0.408 e. The molecule has 2 amide bonds. The summed E-state index contributed by atoms with van der Waals surface area (Å²) in [5.41, 5.74) is -1.40. The molecule has 2 saturated heterocycles. The van der Waals surface area contributed by atoms with Crippen molar-refractivity contribution in [1.29, 1.82) is 0 Å². The molecule has 0 aliphatic carbocycles. The monoisotopic (exact) mass is 574 g/mol. The van der Waals surface area contributed by atoms with Crippen LogP contribution >= 0.6 is 11.6 Å². The second-order valence-electron chi connectivity index (χ2n) is 10.4. The maximum absolute atomic E-state index is 13.6. The highest BCUT2D eigenvalue weighted by molar-refractivity contribution is 6.32. The summed E-state index contributed by atoms with van der Waals surface area (Å²) in [5, 5.41) is 4.74. The number of ether oxygens (including phenoxy) is 1. The predicted molar refractivity (Wildman–Crippen MR) is 134 cm³/mol. The number of aromatic nitrogens is 1. The van der Waals surface area contributed by atoms with Gasteiger partial charge in [-0.2, -0.15) is 13.2 Å². The van der Waals surface area contributed by atoms with Gasteiger partial charge in [-0.25, -0.2) is 13.8 Å². The van der Waals surface area contributed by atoms with Crippen molar-refractivity contribution in [3.05, 3.63) is 52.7 Å². The fourth-order valence-electron chi connectivity index (χ4n) is 4.97. The summed E-state index contributed by atoms with van der Waals surface area (Å²) in [5.74, 6) is -3.13. The Morgan fingerprint density at radius 2 is 1.72 bits per heavy atom. The van der Waals surface area contributed by atoms with E-state index in [0.717, 1.165) is 31.9 Å². The van der Waals surface area contributed by atoms with E-state index in [9.17, 15) is 31.5 Å². The third kappa shape index (κ3) is 6.37. The number of hydrogen-bond acceptors (Lipinski definition) is 5. The molecule has 7 nitrogen and oxygen atoms in total. The van der Waals surface area contributed by atoms with Crippen molar-refractivity contribution in [3.8, 4) is 5.75 Å². The molecule has 2 N–H and O–H groups in total. The van der Waals surface area contributed by atoms with Gasteiger partial charge in [0, 0.05) is 30.4 Å². The zero-order chi connectivity index (χ0) is 28.7. The van der Waals surface area contributed by atoms with Crippen LogP contribution in [0.3, 0.4) is 0 Å². The minimum Gasteiger partial charge on any atom is -0.476 e. The molecule has 3 heterocycles. The lowest BCUT2D eigenvalue weighted by atomic mass is 9.96. The molecule has 1 aromatic carbocycles. The normalized spacial score (nSPS) is 21.9. The fourth-order valence-corrected chi connectivity index (χ4v) is 5.16. The van der Waals surface area contributed by atoms with E-state index in [1.807, 2.05) is 5.32 Å². The number of carbonyl (C=O) groups is 2. The first-order valence-electron chi connectivity index (χ1n) is 12.4. The standard InChI is InChI=1S/C26H28ClF5N4O3/c1-13(26(30,31)32)34-23(37)14-4-7-22(33-12-14)36-16-5-6-17(36)9-15(8-16)35-24(38)25(2,3)39-21-11-20(29)19(28)10-18(21)27/h4,7,10-13,15-17H,5-6,8-9H2,1-3H3,(H,34,37)(H,35,38)/t13-,15-,16+,17-/m1/s1. The second kappa shape index (κ2) is 10.8. The van der Waals surface area contributed by atoms with E-state index in [1.54, 1.807) is 6.07 Å². The van der Waals surface area contributed by atoms with Gasteiger partial charge in [-0.3, -0.25) is 9.59 Å². The second-order valence-corrected chi connectivity index (χ2v) is 10.8. The number of anilines is 1. The first-order valence-corrected chi connectivity index (χ1v) is 12.8. The number of hydrogen-bond donors (Lipinski definition) is 2. The third-order valence-electron chi connectivity index (χ3n) is 7.07. The van der Waals surface area contributed by atoms with E-state index in [2.05, 4.69) is 15.2 Å². The Labute approximate surface area is 227 Å². The Bertz CT molecular complexity index is 1230. The van der Waals surface area contributed by atoms with Crippen LogP contribution in [-0.4, -0.2) is 52.7 Å². The Balaban J connectivity index is 1.37. The quantitative estimate of drug-likeness (QED) is 0.352. The number of fused-ring (bicyclic) bond motifs is 2. The van der Waals surface area contributed by atoms with Gasteiger partial charge in [0.2, 0.25) is 0 Å². The van der Waals surface area contributed by atoms with Gasteiger partial charge in [0.05, 0.1) is 10.6 Å². The van der Waals surface area contributed by atoms with Gasteiger partial charge in [0.15, 0.2) is 17.2 Å². The minimum absolute atomic E-state index is 0.0210. The lowest BCUT2D eigenvalue weighted by molar-refractivity contribution is -0.149. The van der Waals surface area contributed by atoms with Crippen molar-refractivity contribution in [2.75, 3.05) is 4.90 Å². The average Bonchev–Trinajstić information content (AvgIpc) is 3.11. The van der Waals surface area contributed by atoms with Crippen LogP contribution in [0.4, 0.5) is 27.8 Å². The van der Waals surface area contributed by atoms with Crippen LogP contribution < -0.4 is 20.3 Å². The number of nitrogens with one attached hydrogen (secondary N) is 2. The molecule has 2 aliphatic rings. The van der Waals surface area contributed by atoms with Crippen molar-refractivity contribution in [1.82, 2.24) is 15.6 Å². The summed E-state index contributed by atoms with van der Waals surface area (Å²) in [6.45, 7) is 3.87. The molecule has 0 saturated carbocycles. The number of benzene rings is 1. The lowest BCUT2D eigenvalue weighted by Gasteiger charge is -2.40. The largest absolute Gasteiger partial charge is 0.476 e. The molecular weight excluding hydrogens is 547 g/mol. The zero-order valence-corrected chi connectivity index (χ0v) is 22.2. The number of amides is 2. The molecule has 4 atom stereocenters. The number of piperidine rings is 1. The van der Waals surface area contributed by atoms with Crippen LogP contribution in [0.5, 0.6) is 5.75 Å². The minimum atomic E-state index is -4.55. The van der Waals surface area contributed by atoms with Crippen LogP contribution in [0.1, 0.15) is 56.8 Å². The first-order chi connectivity index (χ1) is 18.2. The molecule has 2 aliphatic heterocycles. The summed E-state index contributed by atoms with van der Waals surface area (Å²) in [4.78, 5) is 31.7. The summed E-state index contributed by atoms with van der Waals surface area (Å²) >= 11 is 5.95. The molecule has 13 heteroatoms. The number of carbonyl (C=O) groups excluding carboxylic acids is 2. The Morgan fingerprint density at radius 1 is 1.10 bits per heavy atom. The van der Waals surface area contributed by atoms with E-state index in [1.165, 1.54) is 26.1 Å². The van der Waals surface area contributed by atoms with Crippen molar-refractivity contribution in [2.45, 2.75) is 82.4 Å². The maximum Gasteiger partial charge on any atom is 0.408 e. The highest BCUT2D eigenvalue weighted by atomic mass is 35.5. The number of halogens is 6. The van der Waals surface area contributed by atoms with E-state index in [-0.39, 0.29) is 34.5 Å². The molecule has 2 bridgehead atoms. The molecular formula is C26H28ClF5N4O3. The zero-order valence-electron chi connectivity index (χ0n) is 21.4. The van der Waals surface area contributed by atoms with Crippen molar-refractivity contribution < 1.29 is 36.3 Å². The lowest BCUT2D eigenvalue weighted by Crippen LogP contribution is -2.55. The summed E-state index contributed by atoms with van der Waals surface area (Å²) in [7, 11) is 0. The predicted octanol–water partition coefficient (Wildman–Crippen LogP) is 5.17. The number of nitrogens with zero attached hydrogens (tertiary/aromatic N) is 2. The van der Waals surface area contributed by atoms with Gasteiger partial charge >= 0.3 is 6.18 Å². The van der Waals surface area contributed by atoms with Crippen molar-refractivity contribution in [2.24, 2.45) is 0 Å². The summed E-state index contributed by atoms with van der Waals surface area (Å²) in [6.07, 6.45) is -0.364. The maximum atomic E-state index is 13.6. The van der Waals surface area contributed by atoms with Gasteiger partial charge in [0.25, 0.3) is 11.8 Å². The molecule has 0 spiro atoms. The van der Waals surface area contributed by atoms with Gasteiger partial charge in [-0.1, -0.05) is 11.6 Å². The van der Waals surface area contributed by atoms with E-state index < -0.39 is 41.3 Å². The van der Waals surface area contributed by atoms with Crippen molar-refractivity contribution >= 4 is 29.2 Å². The third-order valence-corrected chi connectivity index (χ3v) is 7.36. The molecule has 2 fully saturated rings. The van der Waals surface area contributed by atoms with Crippen LogP contribution in [0.15, 0.2) is 30.5 Å². The molecule has 2 aromatic rings.